The van der Waals surface area contributed by atoms with Gasteiger partial charge in [-0.3, -0.25) is 0 Å². The van der Waals surface area contributed by atoms with Gasteiger partial charge in [-0.15, -0.1) is 0 Å². The molecule has 1 saturated carbocycles. The summed E-state index contributed by atoms with van der Waals surface area (Å²) in [5, 5.41) is 11.2. The van der Waals surface area contributed by atoms with Crippen LogP contribution in [0.4, 0.5) is 13.6 Å². The molecule has 0 heterocycles. The van der Waals surface area contributed by atoms with E-state index in [1.165, 1.54) is 0 Å². The number of halogens is 2. The van der Waals surface area contributed by atoms with E-state index in [-0.39, 0.29) is 12.8 Å². The van der Waals surface area contributed by atoms with Crippen LogP contribution in [0.15, 0.2) is 0 Å². The zero-order chi connectivity index (χ0) is 14.1. The number of amides is 1. The smallest absolute Gasteiger partial charge is 0.408 e. The van der Waals surface area contributed by atoms with Crippen molar-refractivity contribution in [3.8, 4) is 0 Å². The summed E-state index contributed by atoms with van der Waals surface area (Å²) in [7, 11) is 0. The first kappa shape index (κ1) is 14.7. The van der Waals surface area contributed by atoms with E-state index in [4.69, 9.17) is 9.84 Å². The minimum Gasteiger partial charge on any atom is -0.480 e. The molecule has 1 aliphatic rings. The molecule has 2 N–H and O–H groups in total. The quantitative estimate of drug-likeness (QED) is 0.818. The van der Waals surface area contributed by atoms with Crippen molar-refractivity contribution in [2.75, 3.05) is 0 Å². The minimum absolute atomic E-state index is 0.279. The highest BCUT2D eigenvalue weighted by molar-refractivity contribution is 5.85. The molecule has 1 rings (SSSR count). The average Bonchev–Trinajstić information content (AvgIpc) is 2.05. The maximum absolute atomic E-state index is 12.4. The maximum Gasteiger partial charge on any atom is 0.408 e. The topological polar surface area (TPSA) is 75.6 Å². The fraction of sp³-hybridized carbons (Fsp3) is 0.818. The van der Waals surface area contributed by atoms with Crippen LogP contribution >= 0.6 is 0 Å². The molecule has 0 aromatic carbocycles. The number of ether oxygens (including phenoxy) is 1. The number of nitrogens with one attached hydrogen (secondary N) is 1. The number of aliphatic carboxylic acids is 1. The zero-order valence-corrected chi connectivity index (χ0v) is 10.5. The van der Waals surface area contributed by atoms with Crippen LogP contribution in [0.1, 0.15) is 33.6 Å². The fourth-order valence-corrected chi connectivity index (χ4v) is 1.84. The van der Waals surface area contributed by atoms with E-state index in [1.54, 1.807) is 20.8 Å². The van der Waals surface area contributed by atoms with Crippen LogP contribution in [-0.2, 0) is 9.53 Å². The number of alkyl halides is 2. The van der Waals surface area contributed by atoms with Crippen LogP contribution in [-0.4, -0.2) is 34.7 Å². The molecule has 7 heteroatoms. The maximum atomic E-state index is 12.4. The number of hydrogen-bond acceptors (Lipinski definition) is 3. The lowest BCUT2D eigenvalue weighted by Gasteiger charge is -2.44. The molecule has 1 amide bonds. The summed E-state index contributed by atoms with van der Waals surface area (Å²) in [5.41, 5.74) is -2.39. The van der Waals surface area contributed by atoms with Crippen LogP contribution in [0, 0.1) is 5.92 Å². The highest BCUT2D eigenvalue weighted by Gasteiger charge is 2.55. The number of carbonyl (C=O) groups is 2. The van der Waals surface area contributed by atoms with Gasteiger partial charge in [0.1, 0.15) is 11.1 Å². The van der Waals surface area contributed by atoms with E-state index >= 15 is 0 Å². The Morgan fingerprint density at radius 1 is 1.39 bits per heavy atom. The monoisotopic (exact) mass is 265 g/mol. The van der Waals surface area contributed by atoms with Gasteiger partial charge < -0.3 is 15.2 Å². The third-order valence-corrected chi connectivity index (χ3v) is 2.73. The van der Waals surface area contributed by atoms with Gasteiger partial charge in [-0.2, -0.15) is 0 Å². The van der Waals surface area contributed by atoms with E-state index in [2.05, 4.69) is 5.32 Å². The standard InChI is InChI=1S/C11H17F2NO4/c1-10(2,3)18-9(17)14-11(8(15)16)4-6(5-11)7(12)13/h6-7H,4-5H2,1-3H3,(H,14,17)(H,15,16). The first-order chi connectivity index (χ1) is 8.06. The average molecular weight is 265 g/mol. The lowest BCUT2D eigenvalue weighted by Crippen LogP contribution is -2.64. The highest BCUT2D eigenvalue weighted by Crippen LogP contribution is 2.41. The summed E-state index contributed by atoms with van der Waals surface area (Å²) in [4.78, 5) is 22.5. The van der Waals surface area contributed by atoms with Gasteiger partial charge in [0.15, 0.2) is 0 Å². The van der Waals surface area contributed by atoms with Gasteiger partial charge in [0.2, 0.25) is 6.43 Å². The first-order valence-electron chi connectivity index (χ1n) is 5.58. The van der Waals surface area contributed by atoms with E-state index in [0.29, 0.717) is 0 Å². The third-order valence-electron chi connectivity index (χ3n) is 2.73. The number of carboxylic acid groups (broad SMARTS) is 1. The molecule has 0 saturated heterocycles. The molecular weight excluding hydrogens is 248 g/mol. The molecule has 0 unspecified atom stereocenters. The summed E-state index contributed by atoms with van der Waals surface area (Å²) in [6, 6.07) is 0. The van der Waals surface area contributed by atoms with Crippen molar-refractivity contribution >= 4 is 12.1 Å². The Hall–Kier alpha value is -1.40. The van der Waals surface area contributed by atoms with Crippen molar-refractivity contribution in [3.63, 3.8) is 0 Å². The lowest BCUT2D eigenvalue weighted by molar-refractivity contribution is -0.154. The van der Waals surface area contributed by atoms with Crippen molar-refractivity contribution in [1.29, 1.82) is 0 Å². The Bertz CT molecular complexity index is 345. The summed E-state index contributed by atoms with van der Waals surface area (Å²) in [6.07, 6.45) is -4.03. The van der Waals surface area contributed by atoms with Gasteiger partial charge in [0.05, 0.1) is 0 Å². The normalized spacial score (nSPS) is 27.6. The Morgan fingerprint density at radius 2 is 1.89 bits per heavy atom. The minimum atomic E-state index is -2.57. The second-order valence-corrected chi connectivity index (χ2v) is 5.52. The van der Waals surface area contributed by atoms with E-state index in [1.807, 2.05) is 0 Å². The van der Waals surface area contributed by atoms with Gasteiger partial charge in [0, 0.05) is 5.92 Å². The molecule has 0 bridgehead atoms. The molecule has 0 aromatic rings. The van der Waals surface area contributed by atoms with Gasteiger partial charge >= 0.3 is 12.1 Å². The molecular formula is C11H17F2NO4. The van der Waals surface area contributed by atoms with Crippen molar-refractivity contribution in [3.05, 3.63) is 0 Å². The molecule has 0 aliphatic heterocycles. The molecule has 0 radical (unpaired) electrons. The summed E-state index contributed by atoms with van der Waals surface area (Å²) >= 11 is 0. The number of rotatable bonds is 3. The van der Waals surface area contributed by atoms with Gasteiger partial charge in [-0.25, -0.2) is 18.4 Å². The largest absolute Gasteiger partial charge is 0.480 e. The highest BCUT2D eigenvalue weighted by atomic mass is 19.3. The second-order valence-electron chi connectivity index (χ2n) is 5.52. The van der Waals surface area contributed by atoms with Crippen LogP contribution in [0.2, 0.25) is 0 Å². The van der Waals surface area contributed by atoms with Crippen molar-refractivity contribution in [1.82, 2.24) is 5.32 Å². The third kappa shape index (κ3) is 3.30. The molecule has 0 aromatic heterocycles. The first-order valence-corrected chi connectivity index (χ1v) is 5.58. The summed E-state index contributed by atoms with van der Waals surface area (Å²) in [6.45, 7) is 4.88. The van der Waals surface area contributed by atoms with Crippen molar-refractivity contribution in [2.45, 2.75) is 51.2 Å². The predicted molar refractivity (Wildman–Crippen MR) is 58.5 cm³/mol. The van der Waals surface area contributed by atoms with Crippen molar-refractivity contribution < 1.29 is 28.2 Å². The van der Waals surface area contributed by atoms with E-state index in [9.17, 15) is 18.4 Å². The Morgan fingerprint density at radius 3 is 2.22 bits per heavy atom. The van der Waals surface area contributed by atoms with Gasteiger partial charge in [-0.05, 0) is 33.6 Å². The summed E-state index contributed by atoms with van der Waals surface area (Å²) < 4.78 is 29.6. The number of hydrogen-bond donors (Lipinski definition) is 2. The SMILES string of the molecule is CC(C)(C)OC(=O)NC1(C(=O)O)CC(C(F)F)C1. The van der Waals surface area contributed by atoms with Crippen LogP contribution in [0.3, 0.4) is 0 Å². The summed E-state index contributed by atoms with van der Waals surface area (Å²) in [5.74, 6) is -2.30. The Kier molecular flexibility index (Phi) is 3.83. The van der Waals surface area contributed by atoms with Gasteiger partial charge in [0.25, 0.3) is 0 Å². The number of carboxylic acids is 1. The number of alkyl carbamates (subject to hydrolysis) is 1. The van der Waals surface area contributed by atoms with E-state index < -0.39 is 35.5 Å². The van der Waals surface area contributed by atoms with Crippen molar-refractivity contribution in [2.24, 2.45) is 5.92 Å². The molecule has 1 aliphatic carbocycles. The molecule has 18 heavy (non-hydrogen) atoms. The Balaban J connectivity index is 2.62. The molecule has 5 nitrogen and oxygen atoms in total. The van der Waals surface area contributed by atoms with Crippen LogP contribution < -0.4 is 5.32 Å². The molecule has 0 spiro atoms. The van der Waals surface area contributed by atoms with Gasteiger partial charge in [-0.1, -0.05) is 0 Å². The lowest BCUT2D eigenvalue weighted by atomic mass is 9.68. The molecule has 0 atom stereocenters. The zero-order valence-electron chi connectivity index (χ0n) is 10.5. The van der Waals surface area contributed by atoms with Crippen LogP contribution in [0.5, 0.6) is 0 Å². The number of carbonyl (C=O) groups excluding carboxylic acids is 1. The second kappa shape index (κ2) is 4.70. The Labute approximate surface area is 103 Å². The van der Waals surface area contributed by atoms with Crippen LogP contribution in [0.25, 0.3) is 0 Å². The fourth-order valence-electron chi connectivity index (χ4n) is 1.84. The molecule has 1 fully saturated rings. The predicted octanol–water partition coefficient (Wildman–Crippen LogP) is 2.01. The van der Waals surface area contributed by atoms with E-state index in [0.717, 1.165) is 0 Å². The molecule has 104 valence electrons.